The first-order chi connectivity index (χ1) is 12.9. The third-order valence-corrected chi connectivity index (χ3v) is 3.97. The molecule has 0 bridgehead atoms. The first-order valence-corrected chi connectivity index (χ1v) is 8.91. The molecule has 27 heavy (non-hydrogen) atoms. The van der Waals surface area contributed by atoms with Gasteiger partial charge in [-0.3, -0.25) is 14.4 Å². The molecule has 0 saturated heterocycles. The van der Waals surface area contributed by atoms with Crippen LogP contribution < -0.4 is 21.3 Å². The lowest BCUT2D eigenvalue weighted by atomic mass is 10.1. The lowest BCUT2D eigenvalue weighted by molar-refractivity contribution is -0.134. The minimum Gasteiger partial charge on any atom is -0.493 e. The van der Waals surface area contributed by atoms with Crippen LogP contribution in [0.5, 0.6) is 5.75 Å². The molecule has 4 N–H and O–H groups in total. The number of nitrogens with zero attached hydrogens (tertiary/aromatic N) is 1. The number of nitrogens with one attached hydrogen (secondary N) is 2. The highest BCUT2D eigenvalue weighted by atomic mass is 16.5. The van der Waals surface area contributed by atoms with Crippen molar-refractivity contribution in [2.75, 3.05) is 11.9 Å². The molecule has 0 saturated carbocycles. The third kappa shape index (κ3) is 4.72. The SMILES string of the molecule is CCCOc1ccc(NC(=O)C(N)=O)cc1-c1nc(CC)c(CC)c(=O)[nH]1. The number of amides is 2. The number of carbonyl (C=O) groups is 2. The largest absolute Gasteiger partial charge is 0.493 e. The number of anilines is 1. The maximum Gasteiger partial charge on any atom is 0.313 e. The number of rotatable bonds is 7. The van der Waals surface area contributed by atoms with Gasteiger partial charge >= 0.3 is 11.8 Å². The van der Waals surface area contributed by atoms with Crippen LogP contribution in [0.15, 0.2) is 23.0 Å². The van der Waals surface area contributed by atoms with Gasteiger partial charge < -0.3 is 20.8 Å². The quantitative estimate of drug-likeness (QED) is 0.638. The van der Waals surface area contributed by atoms with Gasteiger partial charge in [0.25, 0.3) is 5.56 Å². The van der Waals surface area contributed by atoms with E-state index in [9.17, 15) is 14.4 Å². The van der Waals surface area contributed by atoms with Gasteiger partial charge in [-0.05, 0) is 37.5 Å². The van der Waals surface area contributed by atoms with E-state index in [0.717, 1.165) is 6.42 Å². The summed E-state index contributed by atoms with van der Waals surface area (Å²) in [7, 11) is 0. The van der Waals surface area contributed by atoms with Crippen molar-refractivity contribution in [1.82, 2.24) is 9.97 Å². The van der Waals surface area contributed by atoms with Crippen molar-refractivity contribution in [1.29, 1.82) is 0 Å². The Morgan fingerprint density at radius 2 is 1.96 bits per heavy atom. The summed E-state index contributed by atoms with van der Waals surface area (Å²) in [5, 5.41) is 2.41. The predicted molar refractivity (Wildman–Crippen MR) is 103 cm³/mol. The second-order valence-corrected chi connectivity index (χ2v) is 5.92. The molecule has 2 aromatic rings. The van der Waals surface area contributed by atoms with Crippen LogP contribution in [0.3, 0.4) is 0 Å². The van der Waals surface area contributed by atoms with Gasteiger partial charge in [0.1, 0.15) is 11.6 Å². The minimum atomic E-state index is -1.09. The Balaban J connectivity index is 2.57. The molecule has 1 heterocycles. The number of primary amides is 1. The molecule has 0 atom stereocenters. The molecule has 0 unspecified atom stereocenters. The van der Waals surface area contributed by atoms with Crippen LogP contribution in [0.4, 0.5) is 5.69 Å². The van der Waals surface area contributed by atoms with E-state index in [1.165, 1.54) is 0 Å². The minimum absolute atomic E-state index is 0.202. The Morgan fingerprint density at radius 1 is 1.22 bits per heavy atom. The molecule has 0 fully saturated rings. The second kappa shape index (κ2) is 8.98. The van der Waals surface area contributed by atoms with Crippen molar-refractivity contribution in [3.05, 3.63) is 39.8 Å². The van der Waals surface area contributed by atoms with E-state index in [4.69, 9.17) is 10.5 Å². The number of carbonyl (C=O) groups excluding carboxylic acids is 2. The summed E-state index contributed by atoms with van der Waals surface area (Å²) < 4.78 is 5.75. The van der Waals surface area contributed by atoms with Crippen LogP contribution in [-0.2, 0) is 22.4 Å². The van der Waals surface area contributed by atoms with Crippen molar-refractivity contribution in [2.45, 2.75) is 40.0 Å². The van der Waals surface area contributed by atoms with E-state index in [-0.39, 0.29) is 5.56 Å². The van der Waals surface area contributed by atoms with E-state index < -0.39 is 11.8 Å². The molecule has 8 nitrogen and oxygen atoms in total. The number of H-pyrrole nitrogens is 1. The Hall–Kier alpha value is -3.16. The lowest BCUT2D eigenvalue weighted by Crippen LogP contribution is -2.29. The fourth-order valence-electron chi connectivity index (χ4n) is 2.65. The lowest BCUT2D eigenvalue weighted by Gasteiger charge is -2.14. The van der Waals surface area contributed by atoms with Crippen LogP contribution in [0.1, 0.15) is 38.4 Å². The highest BCUT2D eigenvalue weighted by Gasteiger charge is 2.16. The number of aromatic nitrogens is 2. The van der Waals surface area contributed by atoms with Gasteiger partial charge in [-0.1, -0.05) is 20.8 Å². The predicted octanol–water partition coefficient (Wildman–Crippen LogP) is 1.77. The molecule has 144 valence electrons. The number of ether oxygens (including phenoxy) is 1. The number of hydrogen-bond acceptors (Lipinski definition) is 5. The van der Waals surface area contributed by atoms with Crippen LogP contribution >= 0.6 is 0 Å². The monoisotopic (exact) mass is 372 g/mol. The van der Waals surface area contributed by atoms with E-state index in [1.807, 2.05) is 20.8 Å². The standard InChI is InChI=1S/C19H24N4O4/c1-4-9-27-15-8-7-11(21-19(26)16(20)24)10-13(15)17-22-14(6-3)12(5-2)18(25)23-17/h7-8,10H,4-6,9H2,1-3H3,(H2,20,24)(H,21,26)(H,22,23,25). The summed E-state index contributed by atoms with van der Waals surface area (Å²) in [4.78, 5) is 42.4. The van der Waals surface area contributed by atoms with Gasteiger partial charge in [-0.15, -0.1) is 0 Å². The summed E-state index contributed by atoms with van der Waals surface area (Å²) in [6.45, 7) is 6.30. The molecule has 0 aliphatic heterocycles. The highest BCUT2D eigenvalue weighted by molar-refractivity contribution is 6.39. The molecule has 2 rings (SSSR count). The van der Waals surface area contributed by atoms with Crippen molar-refractivity contribution >= 4 is 17.5 Å². The van der Waals surface area contributed by atoms with Crippen LogP contribution in [0.2, 0.25) is 0 Å². The van der Waals surface area contributed by atoms with E-state index in [0.29, 0.717) is 53.5 Å². The topological polar surface area (TPSA) is 127 Å². The first-order valence-electron chi connectivity index (χ1n) is 8.91. The summed E-state index contributed by atoms with van der Waals surface area (Å²) in [6.07, 6.45) is 2.00. The first kappa shape index (κ1) is 20.2. The maximum atomic E-state index is 12.4. The molecule has 8 heteroatoms. The molecule has 0 aliphatic rings. The summed E-state index contributed by atoms with van der Waals surface area (Å²) >= 11 is 0. The van der Waals surface area contributed by atoms with E-state index in [2.05, 4.69) is 15.3 Å². The third-order valence-electron chi connectivity index (χ3n) is 3.97. The average molecular weight is 372 g/mol. The van der Waals surface area contributed by atoms with E-state index in [1.54, 1.807) is 18.2 Å². The summed E-state index contributed by atoms with van der Waals surface area (Å²) in [5.74, 6) is -1.16. The molecule has 2 amide bonds. The Labute approximate surface area is 157 Å². The van der Waals surface area contributed by atoms with Crippen molar-refractivity contribution in [3.8, 4) is 17.1 Å². The van der Waals surface area contributed by atoms with Crippen LogP contribution in [-0.4, -0.2) is 28.4 Å². The van der Waals surface area contributed by atoms with Crippen LogP contribution in [0, 0.1) is 0 Å². The maximum absolute atomic E-state index is 12.4. The second-order valence-electron chi connectivity index (χ2n) is 5.92. The normalized spacial score (nSPS) is 10.5. The van der Waals surface area contributed by atoms with Gasteiger partial charge in [0, 0.05) is 11.3 Å². The van der Waals surface area contributed by atoms with Crippen molar-refractivity contribution in [2.24, 2.45) is 5.73 Å². The molecular weight excluding hydrogens is 348 g/mol. The Kier molecular flexibility index (Phi) is 6.70. The number of hydrogen-bond donors (Lipinski definition) is 3. The Morgan fingerprint density at radius 3 is 2.56 bits per heavy atom. The molecule has 0 spiro atoms. The van der Waals surface area contributed by atoms with E-state index >= 15 is 0 Å². The summed E-state index contributed by atoms with van der Waals surface area (Å²) in [5.41, 5.74) is 7.00. The molecule has 1 aromatic carbocycles. The van der Waals surface area contributed by atoms with Crippen molar-refractivity contribution < 1.29 is 14.3 Å². The fraction of sp³-hybridized carbons (Fsp3) is 0.368. The molecule has 1 aromatic heterocycles. The zero-order chi connectivity index (χ0) is 20.0. The van der Waals surface area contributed by atoms with Gasteiger partial charge in [0.05, 0.1) is 17.9 Å². The smallest absolute Gasteiger partial charge is 0.313 e. The van der Waals surface area contributed by atoms with Gasteiger partial charge in [0.2, 0.25) is 0 Å². The molecular formula is C19H24N4O4. The zero-order valence-electron chi connectivity index (χ0n) is 15.7. The molecule has 0 aliphatic carbocycles. The number of benzene rings is 1. The highest BCUT2D eigenvalue weighted by Crippen LogP contribution is 2.31. The Bertz CT molecular complexity index is 905. The average Bonchev–Trinajstić information content (AvgIpc) is 2.65. The summed E-state index contributed by atoms with van der Waals surface area (Å²) in [6, 6.07) is 4.84. The molecule has 0 radical (unpaired) electrons. The van der Waals surface area contributed by atoms with Gasteiger partial charge in [-0.25, -0.2) is 4.98 Å². The number of aromatic amines is 1. The fourth-order valence-corrected chi connectivity index (χ4v) is 2.65. The number of nitrogens with two attached hydrogens (primary N) is 1. The van der Waals surface area contributed by atoms with Crippen LogP contribution in [0.25, 0.3) is 11.4 Å². The van der Waals surface area contributed by atoms with Crippen molar-refractivity contribution in [3.63, 3.8) is 0 Å². The zero-order valence-corrected chi connectivity index (χ0v) is 15.7. The van der Waals surface area contributed by atoms with Gasteiger partial charge in [-0.2, -0.15) is 0 Å². The number of aryl methyl sites for hydroxylation is 1. The van der Waals surface area contributed by atoms with Gasteiger partial charge in [0.15, 0.2) is 0 Å².